The SMILES string of the molecule is CC[C@@]12C[C@H](F)C3=CC(=O)C=C[C@]3(C)[C@@]1(F)[C@@H](O)C[C@@]1(C)[C@H]2C[C@H]2OC(c3ccc(F)cc3F)O[C@]21C(=O)O.[HH]. The molecule has 1 aromatic rings. The lowest BCUT2D eigenvalue weighted by molar-refractivity contribution is -0.278. The number of allylic oxidation sites excluding steroid dienone is 4. The fourth-order valence-electron chi connectivity index (χ4n) is 9.17. The van der Waals surface area contributed by atoms with E-state index >= 15 is 8.78 Å². The van der Waals surface area contributed by atoms with Crippen LogP contribution in [0.15, 0.2) is 42.0 Å². The van der Waals surface area contributed by atoms with Gasteiger partial charge in [0.15, 0.2) is 23.3 Å². The average Bonchev–Trinajstić information content (AvgIpc) is 3.36. The molecule has 1 aromatic carbocycles. The van der Waals surface area contributed by atoms with Gasteiger partial charge < -0.3 is 19.7 Å². The summed E-state index contributed by atoms with van der Waals surface area (Å²) in [4.78, 5) is 25.2. The molecule has 0 spiro atoms. The number of hydrogen-bond acceptors (Lipinski definition) is 5. The number of carbonyl (C=O) groups excluding carboxylic acids is 1. The van der Waals surface area contributed by atoms with E-state index in [1.165, 1.54) is 19.1 Å². The molecule has 0 aromatic heterocycles. The van der Waals surface area contributed by atoms with Crippen molar-refractivity contribution in [1.29, 1.82) is 0 Å². The Morgan fingerprint density at radius 1 is 1.23 bits per heavy atom. The number of aliphatic hydroxyl groups is 1. The van der Waals surface area contributed by atoms with Crippen molar-refractivity contribution in [3.63, 3.8) is 0 Å². The molecule has 39 heavy (non-hydrogen) atoms. The molecule has 212 valence electrons. The van der Waals surface area contributed by atoms with Gasteiger partial charge in [0, 0.05) is 29.3 Å². The van der Waals surface area contributed by atoms with Gasteiger partial charge in [-0.2, -0.15) is 0 Å². The maximum atomic E-state index is 17.9. The molecular formula is C29H32F4O6. The Hall–Kier alpha value is -2.56. The summed E-state index contributed by atoms with van der Waals surface area (Å²) in [6.07, 6.45) is -3.19. The number of carboxylic acid groups (broad SMARTS) is 1. The fourth-order valence-corrected chi connectivity index (χ4v) is 9.17. The number of carboxylic acids is 1. The third-order valence-electron chi connectivity index (χ3n) is 10.8. The molecule has 2 N–H and O–H groups in total. The Balaban J connectivity index is 0.00000323. The van der Waals surface area contributed by atoms with E-state index < -0.39 is 81.5 Å². The van der Waals surface area contributed by atoms with Crippen molar-refractivity contribution in [2.75, 3.05) is 0 Å². The van der Waals surface area contributed by atoms with Gasteiger partial charge in [-0.3, -0.25) is 4.79 Å². The van der Waals surface area contributed by atoms with Crippen LogP contribution in [0.2, 0.25) is 0 Å². The van der Waals surface area contributed by atoms with Crippen molar-refractivity contribution < 1.29 is 48.3 Å². The Bertz CT molecular complexity index is 1350. The number of hydrogen-bond donors (Lipinski definition) is 2. The molecule has 5 aliphatic rings. The number of benzene rings is 1. The van der Waals surface area contributed by atoms with Gasteiger partial charge in [0.25, 0.3) is 0 Å². The molecule has 1 saturated heterocycles. The van der Waals surface area contributed by atoms with Crippen LogP contribution in [-0.4, -0.2) is 51.6 Å². The average molecular weight is 553 g/mol. The Morgan fingerprint density at radius 3 is 2.59 bits per heavy atom. The molecule has 1 heterocycles. The summed E-state index contributed by atoms with van der Waals surface area (Å²) in [7, 11) is 0. The Kier molecular flexibility index (Phi) is 5.47. The summed E-state index contributed by atoms with van der Waals surface area (Å²) < 4.78 is 74.1. The normalized spacial score (nSPS) is 48.2. The second-order valence-corrected chi connectivity index (χ2v) is 12.1. The molecule has 4 aliphatic carbocycles. The molecule has 4 fully saturated rings. The highest BCUT2D eigenvalue weighted by Crippen LogP contribution is 2.77. The summed E-state index contributed by atoms with van der Waals surface area (Å²) in [6, 6.07) is 2.75. The van der Waals surface area contributed by atoms with Gasteiger partial charge in [-0.05, 0) is 68.4 Å². The molecule has 0 amide bonds. The highest BCUT2D eigenvalue weighted by Gasteiger charge is 2.84. The summed E-state index contributed by atoms with van der Waals surface area (Å²) in [5.74, 6) is -4.50. The zero-order valence-electron chi connectivity index (χ0n) is 21.7. The number of ketones is 1. The first-order valence-electron chi connectivity index (χ1n) is 13.2. The fraction of sp³-hybridized carbons (Fsp3) is 0.586. The van der Waals surface area contributed by atoms with Crippen LogP contribution in [0.1, 0.15) is 59.7 Å². The molecule has 0 radical (unpaired) electrons. The summed E-state index contributed by atoms with van der Waals surface area (Å²) in [5.41, 5.74) is -9.43. The van der Waals surface area contributed by atoms with E-state index in [0.717, 1.165) is 18.2 Å². The predicted molar refractivity (Wildman–Crippen MR) is 131 cm³/mol. The van der Waals surface area contributed by atoms with Gasteiger partial charge in [-0.1, -0.05) is 19.9 Å². The van der Waals surface area contributed by atoms with E-state index in [-0.39, 0.29) is 38.2 Å². The van der Waals surface area contributed by atoms with E-state index in [0.29, 0.717) is 6.07 Å². The number of ether oxygens (including phenoxy) is 2. The molecule has 6 nitrogen and oxygen atoms in total. The maximum Gasteiger partial charge on any atom is 0.339 e. The van der Waals surface area contributed by atoms with Crippen molar-refractivity contribution in [1.82, 2.24) is 0 Å². The van der Waals surface area contributed by atoms with Crippen molar-refractivity contribution in [3.8, 4) is 0 Å². The number of alkyl halides is 2. The van der Waals surface area contributed by atoms with Crippen LogP contribution in [0.3, 0.4) is 0 Å². The van der Waals surface area contributed by atoms with Gasteiger partial charge in [0.05, 0.1) is 6.10 Å². The standard InChI is InChI=1S/C29H30F4O6.H2/c1-4-27-12-19(32)17-10-15(34)7-8-25(17,2)29(27,33)21(35)13-26(3)20(27)11-22-28(26,24(36)37)39-23(38-22)16-6-5-14(30)9-18(16)31;/h5-10,19-23,35H,4,11-13H2,1-3H3,(H,36,37);1H/t19-,20+,21-,22+,23?,25-,26-,27-,28-,29-;/m0./s1. The number of halogens is 4. The van der Waals surface area contributed by atoms with E-state index in [1.54, 1.807) is 13.8 Å². The second-order valence-electron chi connectivity index (χ2n) is 12.1. The molecule has 10 atom stereocenters. The van der Waals surface area contributed by atoms with Crippen molar-refractivity contribution in [2.24, 2.45) is 22.2 Å². The van der Waals surface area contributed by atoms with Gasteiger partial charge in [0.1, 0.15) is 23.9 Å². The molecule has 0 bridgehead atoms. The molecule has 6 rings (SSSR count). The van der Waals surface area contributed by atoms with Gasteiger partial charge in [-0.15, -0.1) is 0 Å². The number of aliphatic carboxylic acids is 1. The first-order chi connectivity index (χ1) is 18.2. The van der Waals surface area contributed by atoms with Crippen LogP contribution in [-0.2, 0) is 19.1 Å². The lowest BCUT2D eigenvalue weighted by Gasteiger charge is -2.68. The van der Waals surface area contributed by atoms with Crippen molar-refractivity contribution in [2.45, 2.75) is 82.4 Å². The second kappa shape index (κ2) is 8.01. The number of carbonyl (C=O) groups is 2. The molecule has 10 heteroatoms. The molecule has 1 unspecified atom stereocenters. The van der Waals surface area contributed by atoms with Crippen LogP contribution in [0, 0.1) is 33.8 Å². The lowest BCUT2D eigenvalue weighted by atomic mass is 9.37. The largest absolute Gasteiger partial charge is 0.479 e. The summed E-state index contributed by atoms with van der Waals surface area (Å²) in [5, 5.41) is 22.3. The van der Waals surface area contributed by atoms with Crippen molar-refractivity contribution in [3.05, 3.63) is 59.2 Å². The van der Waals surface area contributed by atoms with Gasteiger partial charge in [0.2, 0.25) is 0 Å². The highest BCUT2D eigenvalue weighted by molar-refractivity contribution is 6.01. The smallest absolute Gasteiger partial charge is 0.339 e. The zero-order valence-corrected chi connectivity index (χ0v) is 21.7. The van der Waals surface area contributed by atoms with E-state index in [2.05, 4.69) is 0 Å². The maximum absolute atomic E-state index is 17.9. The topological polar surface area (TPSA) is 93.1 Å². The minimum Gasteiger partial charge on any atom is -0.479 e. The van der Waals surface area contributed by atoms with Gasteiger partial charge in [-0.25, -0.2) is 22.4 Å². The monoisotopic (exact) mass is 552 g/mol. The summed E-state index contributed by atoms with van der Waals surface area (Å²) >= 11 is 0. The van der Waals surface area contributed by atoms with Crippen LogP contribution in [0.5, 0.6) is 0 Å². The molecule has 1 aliphatic heterocycles. The van der Waals surface area contributed by atoms with E-state index in [4.69, 9.17) is 9.47 Å². The van der Waals surface area contributed by atoms with Crippen LogP contribution in [0.25, 0.3) is 0 Å². The number of fused-ring (bicyclic) bond motifs is 7. The van der Waals surface area contributed by atoms with E-state index in [1.807, 2.05) is 0 Å². The molecular weight excluding hydrogens is 520 g/mol. The zero-order chi connectivity index (χ0) is 28.3. The summed E-state index contributed by atoms with van der Waals surface area (Å²) in [6.45, 7) is 4.75. The Morgan fingerprint density at radius 2 is 1.95 bits per heavy atom. The lowest BCUT2D eigenvalue weighted by Crippen LogP contribution is -2.75. The van der Waals surface area contributed by atoms with Crippen LogP contribution >= 0.6 is 0 Å². The third-order valence-corrected chi connectivity index (χ3v) is 10.8. The minimum absolute atomic E-state index is 0. The molecule has 3 saturated carbocycles. The number of aliphatic hydroxyl groups excluding tert-OH is 1. The van der Waals surface area contributed by atoms with E-state index in [9.17, 15) is 28.6 Å². The highest BCUT2D eigenvalue weighted by atomic mass is 19.2. The number of rotatable bonds is 3. The minimum atomic E-state index is -2.44. The predicted octanol–water partition coefficient (Wildman–Crippen LogP) is 5.16. The van der Waals surface area contributed by atoms with Crippen molar-refractivity contribution >= 4 is 11.8 Å². The van der Waals surface area contributed by atoms with Crippen LogP contribution < -0.4 is 0 Å². The first-order valence-corrected chi connectivity index (χ1v) is 13.2. The quantitative estimate of drug-likeness (QED) is 0.504. The third kappa shape index (κ3) is 2.87. The first kappa shape index (κ1) is 26.7. The van der Waals surface area contributed by atoms with Gasteiger partial charge >= 0.3 is 5.97 Å². The van der Waals surface area contributed by atoms with Crippen LogP contribution in [0.4, 0.5) is 17.6 Å². The Labute approximate surface area is 224 Å².